The number of piperidine rings is 1. The van der Waals surface area contributed by atoms with Gasteiger partial charge >= 0.3 is 0 Å². The molecule has 0 bridgehead atoms. The van der Waals surface area contributed by atoms with E-state index in [1.54, 1.807) is 6.07 Å². The maximum Gasteiger partial charge on any atom is 0.274 e. The summed E-state index contributed by atoms with van der Waals surface area (Å²) in [7, 11) is 0. The van der Waals surface area contributed by atoms with Crippen molar-refractivity contribution in [3.63, 3.8) is 0 Å². The van der Waals surface area contributed by atoms with Gasteiger partial charge in [0.25, 0.3) is 11.5 Å². The Kier molecular flexibility index (Phi) is 4.46. The summed E-state index contributed by atoms with van der Waals surface area (Å²) in [5, 5.41) is 5.64. The molecule has 0 N–H and O–H groups in total. The number of carbonyl (C=O) groups is 1. The maximum absolute atomic E-state index is 13.0. The van der Waals surface area contributed by atoms with Crippen LogP contribution >= 0.6 is 0 Å². The number of benzene rings is 1. The number of carbonyl (C=O) groups excluding carboxylic acids is 1. The van der Waals surface area contributed by atoms with Gasteiger partial charge in [-0.05, 0) is 31.2 Å². The van der Waals surface area contributed by atoms with Crippen LogP contribution in [0.4, 0.5) is 0 Å². The van der Waals surface area contributed by atoms with Crippen LogP contribution in [0.2, 0.25) is 0 Å². The van der Waals surface area contributed by atoms with E-state index in [9.17, 15) is 9.59 Å². The average Bonchev–Trinajstić information content (AvgIpc) is 2.57. The Balaban J connectivity index is 2.10. The third-order valence-corrected chi connectivity index (χ3v) is 4.45. The number of aryl methyl sites for hydroxylation is 1. The lowest BCUT2D eigenvalue weighted by Gasteiger charge is -2.31. The highest BCUT2D eigenvalue weighted by Crippen LogP contribution is 2.20. The molecule has 122 valence electrons. The normalized spacial score (nSPS) is 18.3. The molecule has 1 saturated heterocycles. The zero-order valence-corrected chi connectivity index (χ0v) is 13.8. The van der Waals surface area contributed by atoms with E-state index >= 15 is 0 Å². The lowest BCUT2D eigenvalue weighted by Crippen LogP contribution is -2.40. The van der Waals surface area contributed by atoms with Crippen molar-refractivity contribution >= 4 is 16.7 Å². The number of likely N-dealkylation sites (tertiary alicyclic amines) is 1. The molecule has 3 rings (SSSR count). The number of nitrogens with zero attached hydrogens (tertiary/aromatic N) is 3. The van der Waals surface area contributed by atoms with Crippen molar-refractivity contribution in [1.29, 1.82) is 0 Å². The van der Waals surface area contributed by atoms with Crippen LogP contribution < -0.4 is 5.56 Å². The van der Waals surface area contributed by atoms with Crippen molar-refractivity contribution in [2.75, 3.05) is 13.1 Å². The smallest absolute Gasteiger partial charge is 0.274 e. The van der Waals surface area contributed by atoms with E-state index in [0.717, 1.165) is 32.4 Å². The fourth-order valence-corrected chi connectivity index (χ4v) is 3.28. The average molecular weight is 313 g/mol. The second kappa shape index (κ2) is 6.52. The Morgan fingerprint density at radius 3 is 2.74 bits per heavy atom. The quantitative estimate of drug-likeness (QED) is 0.875. The van der Waals surface area contributed by atoms with E-state index < -0.39 is 0 Å². The van der Waals surface area contributed by atoms with E-state index in [1.807, 2.05) is 30.0 Å². The molecule has 1 atom stereocenters. The third-order valence-electron chi connectivity index (χ3n) is 4.45. The molecule has 1 aliphatic rings. The minimum atomic E-state index is -0.119. The molecular weight excluding hydrogens is 290 g/mol. The molecule has 5 nitrogen and oxygen atoms in total. The molecule has 0 aliphatic carbocycles. The molecule has 5 heteroatoms. The largest absolute Gasteiger partial charge is 0.337 e. The third kappa shape index (κ3) is 3.00. The van der Waals surface area contributed by atoms with E-state index in [4.69, 9.17) is 0 Å². The van der Waals surface area contributed by atoms with Gasteiger partial charge < -0.3 is 4.90 Å². The minimum absolute atomic E-state index is 0.0578. The molecule has 0 saturated carbocycles. The van der Waals surface area contributed by atoms with Crippen LogP contribution in [0.1, 0.15) is 43.6 Å². The molecule has 1 amide bonds. The van der Waals surface area contributed by atoms with Gasteiger partial charge in [-0.1, -0.05) is 32.0 Å². The topological polar surface area (TPSA) is 55.2 Å². The van der Waals surface area contributed by atoms with E-state index in [1.165, 1.54) is 4.68 Å². The van der Waals surface area contributed by atoms with Crippen LogP contribution in [-0.2, 0) is 6.54 Å². The molecule has 23 heavy (non-hydrogen) atoms. The summed E-state index contributed by atoms with van der Waals surface area (Å²) >= 11 is 0. The standard InChI is InChI=1S/C18H23N3O2/c1-3-10-21-17(22)15-9-5-4-8-14(15)16(19-21)18(23)20-11-6-7-13(2)12-20/h4-5,8-9,13H,3,6-7,10-12H2,1-2H3/t13-/m1/s1. The van der Waals surface area contributed by atoms with Gasteiger partial charge in [0.2, 0.25) is 0 Å². The number of fused-ring (bicyclic) bond motifs is 1. The SMILES string of the molecule is CCCn1nc(C(=O)N2CCC[C@@H](C)C2)c2ccccc2c1=O. The van der Waals surface area contributed by atoms with Crippen molar-refractivity contribution in [3.05, 3.63) is 40.3 Å². The number of hydrogen-bond acceptors (Lipinski definition) is 3. The molecule has 1 aromatic carbocycles. The van der Waals surface area contributed by atoms with Gasteiger partial charge in [-0.15, -0.1) is 0 Å². The summed E-state index contributed by atoms with van der Waals surface area (Å²) in [6.07, 6.45) is 2.99. The number of hydrogen-bond donors (Lipinski definition) is 0. The van der Waals surface area contributed by atoms with Crippen molar-refractivity contribution in [1.82, 2.24) is 14.7 Å². The highest BCUT2D eigenvalue weighted by atomic mass is 16.2. The number of amides is 1. The van der Waals surface area contributed by atoms with Crippen LogP contribution in [0.3, 0.4) is 0 Å². The second-order valence-electron chi connectivity index (χ2n) is 6.42. The zero-order valence-electron chi connectivity index (χ0n) is 13.8. The first kappa shape index (κ1) is 15.7. The summed E-state index contributed by atoms with van der Waals surface area (Å²) in [6.45, 7) is 6.23. The van der Waals surface area contributed by atoms with Gasteiger partial charge in [-0.2, -0.15) is 5.10 Å². The van der Waals surface area contributed by atoms with Crippen LogP contribution in [0.15, 0.2) is 29.1 Å². The summed E-state index contributed by atoms with van der Waals surface area (Å²) in [4.78, 5) is 27.4. The molecule has 0 unspecified atom stereocenters. The van der Waals surface area contributed by atoms with Crippen LogP contribution in [0, 0.1) is 5.92 Å². The van der Waals surface area contributed by atoms with Crippen LogP contribution in [0.5, 0.6) is 0 Å². The van der Waals surface area contributed by atoms with Crippen LogP contribution in [-0.4, -0.2) is 33.7 Å². The van der Waals surface area contributed by atoms with E-state index in [0.29, 0.717) is 28.9 Å². The van der Waals surface area contributed by atoms with Gasteiger partial charge in [0, 0.05) is 25.0 Å². The molecule has 1 fully saturated rings. The van der Waals surface area contributed by atoms with Gasteiger partial charge in [0.05, 0.1) is 5.39 Å². The maximum atomic E-state index is 13.0. The van der Waals surface area contributed by atoms with Gasteiger partial charge in [-0.3, -0.25) is 9.59 Å². The predicted molar refractivity (Wildman–Crippen MR) is 90.6 cm³/mol. The molecule has 1 aliphatic heterocycles. The fourth-order valence-electron chi connectivity index (χ4n) is 3.28. The summed E-state index contributed by atoms with van der Waals surface area (Å²) in [6, 6.07) is 7.28. The van der Waals surface area contributed by atoms with Gasteiger partial charge in [0.15, 0.2) is 5.69 Å². The Hall–Kier alpha value is -2.17. The monoisotopic (exact) mass is 313 g/mol. The molecule has 1 aromatic heterocycles. The fraction of sp³-hybridized carbons (Fsp3) is 0.500. The molecule has 2 aromatic rings. The second-order valence-corrected chi connectivity index (χ2v) is 6.42. The zero-order chi connectivity index (χ0) is 16.4. The van der Waals surface area contributed by atoms with Gasteiger partial charge in [-0.25, -0.2) is 4.68 Å². The minimum Gasteiger partial charge on any atom is -0.337 e. The van der Waals surface area contributed by atoms with Crippen molar-refractivity contribution < 1.29 is 4.79 Å². The summed E-state index contributed by atoms with van der Waals surface area (Å²) in [5.74, 6) is 0.457. The Morgan fingerprint density at radius 1 is 1.30 bits per heavy atom. The van der Waals surface area contributed by atoms with Gasteiger partial charge in [0.1, 0.15) is 0 Å². The Labute approximate surface area is 135 Å². The van der Waals surface area contributed by atoms with Crippen LogP contribution in [0.25, 0.3) is 10.8 Å². The lowest BCUT2D eigenvalue weighted by molar-refractivity contribution is 0.0676. The Morgan fingerprint density at radius 2 is 2.04 bits per heavy atom. The first-order valence-corrected chi connectivity index (χ1v) is 8.41. The molecule has 2 heterocycles. The molecule has 0 spiro atoms. The first-order chi connectivity index (χ1) is 11.1. The van der Waals surface area contributed by atoms with Crippen molar-refractivity contribution in [3.8, 4) is 0 Å². The van der Waals surface area contributed by atoms with E-state index in [2.05, 4.69) is 12.0 Å². The highest BCUT2D eigenvalue weighted by molar-refractivity contribution is 6.04. The van der Waals surface area contributed by atoms with Crippen molar-refractivity contribution in [2.45, 2.75) is 39.7 Å². The van der Waals surface area contributed by atoms with E-state index in [-0.39, 0.29) is 11.5 Å². The molecule has 0 radical (unpaired) electrons. The number of rotatable bonds is 3. The highest BCUT2D eigenvalue weighted by Gasteiger charge is 2.25. The lowest BCUT2D eigenvalue weighted by atomic mass is 9.99. The number of aromatic nitrogens is 2. The van der Waals surface area contributed by atoms with Crippen molar-refractivity contribution in [2.24, 2.45) is 5.92 Å². The summed E-state index contributed by atoms with van der Waals surface area (Å²) < 4.78 is 1.43. The first-order valence-electron chi connectivity index (χ1n) is 8.41. The summed E-state index contributed by atoms with van der Waals surface area (Å²) in [5.41, 5.74) is 0.286. The molecular formula is C18H23N3O2. The predicted octanol–water partition coefficient (Wildman–Crippen LogP) is 2.68. The Bertz CT molecular complexity index is 781.